The van der Waals surface area contributed by atoms with E-state index < -0.39 is 54.5 Å². The van der Waals surface area contributed by atoms with E-state index in [1.54, 1.807) is 31.4 Å². The van der Waals surface area contributed by atoms with Crippen molar-refractivity contribution in [2.45, 2.75) is 64.9 Å². The highest BCUT2D eigenvalue weighted by Gasteiger charge is 2.51. The third-order valence-corrected chi connectivity index (χ3v) is 4.64. The number of benzene rings is 1. The van der Waals surface area contributed by atoms with E-state index in [9.17, 15) is 19.2 Å². The van der Waals surface area contributed by atoms with Crippen molar-refractivity contribution < 1.29 is 47.6 Å². The molecule has 0 aliphatic carbocycles. The highest BCUT2D eigenvalue weighted by Crippen LogP contribution is 2.28. The van der Waals surface area contributed by atoms with Gasteiger partial charge in [-0.15, -0.1) is 0 Å². The summed E-state index contributed by atoms with van der Waals surface area (Å²) < 4.78 is 32.8. The second-order valence-corrected chi connectivity index (χ2v) is 7.38. The van der Waals surface area contributed by atoms with Crippen LogP contribution in [-0.2, 0) is 49.5 Å². The first kappa shape index (κ1) is 26.1. The van der Waals surface area contributed by atoms with Gasteiger partial charge in [-0.05, 0) is 17.7 Å². The number of carbonyl (C=O) groups excluding carboxylic acids is 4. The van der Waals surface area contributed by atoms with Crippen LogP contribution in [0.3, 0.4) is 0 Å². The normalized spacial score (nSPS) is 24.3. The maximum Gasteiger partial charge on any atom is 0.303 e. The monoisotopic (exact) mass is 467 g/mol. The van der Waals surface area contributed by atoms with Gasteiger partial charge in [0.15, 0.2) is 18.5 Å². The summed E-state index contributed by atoms with van der Waals surface area (Å²) >= 11 is 0. The van der Waals surface area contributed by atoms with Gasteiger partial charge in [-0.2, -0.15) is 0 Å². The van der Waals surface area contributed by atoms with Gasteiger partial charge < -0.3 is 33.7 Å². The Morgan fingerprint density at radius 2 is 1.52 bits per heavy atom. The Morgan fingerprint density at radius 3 is 2.03 bits per heavy atom. The largest absolute Gasteiger partial charge is 0.497 e. The van der Waals surface area contributed by atoms with Crippen molar-refractivity contribution in [1.29, 1.82) is 0 Å². The Morgan fingerprint density at radius 1 is 0.909 bits per heavy atom. The van der Waals surface area contributed by atoms with Crippen LogP contribution in [0.1, 0.15) is 33.3 Å². The van der Waals surface area contributed by atoms with Crippen LogP contribution >= 0.6 is 0 Å². The topological polar surface area (TPSA) is 136 Å². The summed E-state index contributed by atoms with van der Waals surface area (Å²) in [6.07, 6.45) is -4.46. The third kappa shape index (κ3) is 8.03. The molecule has 1 aliphatic heterocycles. The zero-order chi connectivity index (χ0) is 24.5. The van der Waals surface area contributed by atoms with E-state index >= 15 is 0 Å². The van der Waals surface area contributed by atoms with Gasteiger partial charge in [0.2, 0.25) is 5.91 Å². The lowest BCUT2D eigenvalue weighted by atomic mass is 9.96. The summed E-state index contributed by atoms with van der Waals surface area (Å²) in [6, 6.07) is 6.08. The number of rotatable bonds is 9. The van der Waals surface area contributed by atoms with E-state index in [2.05, 4.69) is 5.32 Å². The highest BCUT2D eigenvalue weighted by molar-refractivity contribution is 5.73. The SMILES string of the molecule is COc1ccc(CO[C@@H]2O[C@H](COC(C)=O)[C@H](OC(C)=O)[C@@H](OC(C)=O)[C@H]2NC(C)=O)cc1. The Labute approximate surface area is 191 Å². The predicted molar refractivity (Wildman–Crippen MR) is 112 cm³/mol. The third-order valence-electron chi connectivity index (χ3n) is 4.64. The molecule has 0 bridgehead atoms. The van der Waals surface area contributed by atoms with E-state index in [1.807, 2.05) is 0 Å². The summed E-state index contributed by atoms with van der Waals surface area (Å²) in [5.41, 5.74) is 0.781. The van der Waals surface area contributed by atoms with Gasteiger partial charge in [0.1, 0.15) is 24.5 Å². The minimum atomic E-state index is -1.16. The maximum absolute atomic E-state index is 11.9. The maximum atomic E-state index is 11.9. The van der Waals surface area contributed by atoms with Crippen LogP contribution in [0.2, 0.25) is 0 Å². The molecule has 0 saturated carbocycles. The Hall–Kier alpha value is -3.18. The summed E-state index contributed by atoms with van der Waals surface area (Å²) in [4.78, 5) is 46.9. The average molecular weight is 467 g/mol. The van der Waals surface area contributed by atoms with E-state index in [-0.39, 0.29) is 13.2 Å². The van der Waals surface area contributed by atoms with Crippen molar-refractivity contribution in [3.05, 3.63) is 29.8 Å². The van der Waals surface area contributed by atoms with Gasteiger partial charge in [-0.1, -0.05) is 12.1 Å². The van der Waals surface area contributed by atoms with Crippen molar-refractivity contribution in [2.75, 3.05) is 13.7 Å². The minimum Gasteiger partial charge on any atom is -0.497 e. The molecule has 1 amide bonds. The van der Waals surface area contributed by atoms with E-state index in [4.69, 9.17) is 28.4 Å². The molecule has 0 aromatic heterocycles. The molecule has 0 unspecified atom stereocenters. The molecule has 1 fully saturated rings. The highest BCUT2D eigenvalue weighted by atomic mass is 16.7. The molecule has 1 aliphatic rings. The number of amides is 1. The number of carbonyl (C=O) groups is 4. The molecule has 11 heteroatoms. The molecule has 1 heterocycles. The lowest BCUT2D eigenvalue weighted by Gasteiger charge is -2.44. The molecule has 0 spiro atoms. The first-order chi connectivity index (χ1) is 15.6. The van der Waals surface area contributed by atoms with Crippen LogP contribution < -0.4 is 10.1 Å². The molecule has 1 aromatic carbocycles. The predicted octanol–water partition coefficient (Wildman–Crippen LogP) is 0.868. The zero-order valence-electron chi connectivity index (χ0n) is 19.2. The molecule has 11 nitrogen and oxygen atoms in total. The number of methoxy groups -OCH3 is 1. The smallest absolute Gasteiger partial charge is 0.303 e. The average Bonchev–Trinajstić information content (AvgIpc) is 2.73. The van der Waals surface area contributed by atoms with Gasteiger partial charge in [-0.3, -0.25) is 19.2 Å². The standard InChI is InChI=1S/C22H29NO10/c1-12(24)23-19-21(32-15(4)27)20(31-14(3)26)18(11-29-13(2)25)33-22(19)30-10-16-6-8-17(28-5)9-7-16/h6-9,18-22H,10-11H2,1-5H3,(H,23,24)/t18-,19-,20+,21+,22-/m1/s1. The molecule has 1 aromatic rings. The molecule has 0 radical (unpaired) electrons. The summed E-state index contributed by atoms with van der Waals surface area (Å²) in [7, 11) is 1.55. The van der Waals surface area contributed by atoms with Gasteiger partial charge >= 0.3 is 17.9 Å². The lowest BCUT2D eigenvalue weighted by Crippen LogP contribution is -2.66. The van der Waals surface area contributed by atoms with Crippen LogP contribution in [0.25, 0.3) is 0 Å². The second-order valence-electron chi connectivity index (χ2n) is 7.38. The van der Waals surface area contributed by atoms with E-state index in [0.717, 1.165) is 5.56 Å². The Balaban J connectivity index is 2.33. The second kappa shape index (κ2) is 12.2. The lowest BCUT2D eigenvalue weighted by molar-refractivity contribution is -0.280. The molecule has 182 valence electrons. The zero-order valence-corrected chi connectivity index (χ0v) is 19.2. The molecule has 5 atom stereocenters. The van der Waals surface area contributed by atoms with Crippen LogP contribution in [0.15, 0.2) is 24.3 Å². The number of hydrogen-bond acceptors (Lipinski definition) is 10. The van der Waals surface area contributed by atoms with Gasteiger partial charge in [0, 0.05) is 27.7 Å². The van der Waals surface area contributed by atoms with Crippen LogP contribution in [0.5, 0.6) is 5.75 Å². The van der Waals surface area contributed by atoms with Gasteiger partial charge in [0.25, 0.3) is 0 Å². The first-order valence-corrected chi connectivity index (χ1v) is 10.3. The van der Waals surface area contributed by atoms with Crippen LogP contribution in [-0.4, -0.2) is 68.2 Å². The molecule has 2 rings (SSSR count). The fourth-order valence-corrected chi connectivity index (χ4v) is 3.33. The molecule has 1 N–H and O–H groups in total. The van der Waals surface area contributed by atoms with Crippen molar-refractivity contribution in [1.82, 2.24) is 5.32 Å². The van der Waals surface area contributed by atoms with Gasteiger partial charge in [-0.25, -0.2) is 0 Å². The van der Waals surface area contributed by atoms with Crippen molar-refractivity contribution in [2.24, 2.45) is 0 Å². The summed E-state index contributed by atoms with van der Waals surface area (Å²) in [5, 5.41) is 2.65. The number of nitrogens with one attached hydrogen (secondary N) is 1. The Kier molecular flexibility index (Phi) is 9.61. The summed E-state index contributed by atoms with van der Waals surface area (Å²) in [6.45, 7) is 4.63. The van der Waals surface area contributed by atoms with E-state index in [1.165, 1.54) is 27.7 Å². The molecular weight excluding hydrogens is 438 g/mol. The summed E-state index contributed by atoms with van der Waals surface area (Å²) in [5.74, 6) is -1.70. The Bertz CT molecular complexity index is 840. The van der Waals surface area contributed by atoms with Crippen molar-refractivity contribution in [3.8, 4) is 5.75 Å². The first-order valence-electron chi connectivity index (χ1n) is 10.3. The van der Waals surface area contributed by atoms with Gasteiger partial charge in [0.05, 0.1) is 13.7 Å². The fraction of sp³-hybridized carbons (Fsp3) is 0.545. The fourth-order valence-electron chi connectivity index (χ4n) is 3.33. The van der Waals surface area contributed by atoms with Crippen LogP contribution in [0, 0.1) is 0 Å². The van der Waals surface area contributed by atoms with Crippen LogP contribution in [0.4, 0.5) is 0 Å². The number of esters is 3. The van der Waals surface area contributed by atoms with Crippen molar-refractivity contribution in [3.63, 3.8) is 0 Å². The quantitative estimate of drug-likeness (QED) is 0.411. The minimum absolute atomic E-state index is 0.0794. The van der Waals surface area contributed by atoms with E-state index in [0.29, 0.717) is 5.75 Å². The molecule has 33 heavy (non-hydrogen) atoms. The number of hydrogen-bond donors (Lipinski definition) is 1. The van der Waals surface area contributed by atoms with Crippen molar-refractivity contribution >= 4 is 23.8 Å². The molecule has 1 saturated heterocycles. The molecular formula is C22H29NO10. The number of ether oxygens (including phenoxy) is 6.